The molecule has 1 N–H and O–H groups in total. The lowest BCUT2D eigenvalue weighted by atomic mass is 9.84. The van der Waals surface area contributed by atoms with E-state index >= 15 is 0 Å². The number of fused-ring (bicyclic) bond motifs is 2. The molecule has 2 bridgehead atoms. The van der Waals surface area contributed by atoms with E-state index < -0.39 is 5.60 Å². The zero-order valence-corrected chi connectivity index (χ0v) is 9.08. The lowest BCUT2D eigenvalue weighted by Crippen LogP contribution is -2.49. The van der Waals surface area contributed by atoms with Crippen LogP contribution in [0.2, 0.25) is 0 Å². The van der Waals surface area contributed by atoms with E-state index in [0.29, 0.717) is 18.5 Å². The molecule has 0 saturated carbocycles. The second kappa shape index (κ2) is 3.56. The van der Waals surface area contributed by atoms with Crippen LogP contribution in [0.25, 0.3) is 0 Å². The van der Waals surface area contributed by atoms with E-state index in [1.807, 2.05) is 6.92 Å². The third-order valence-electron chi connectivity index (χ3n) is 3.81. The van der Waals surface area contributed by atoms with Gasteiger partial charge >= 0.3 is 0 Å². The average Bonchev–Trinajstić information content (AvgIpc) is 2.41. The summed E-state index contributed by atoms with van der Waals surface area (Å²) >= 11 is 0. The first kappa shape index (κ1) is 10.0. The van der Waals surface area contributed by atoms with Crippen LogP contribution in [-0.4, -0.2) is 34.7 Å². The first-order valence-corrected chi connectivity index (χ1v) is 5.48. The first-order chi connectivity index (χ1) is 6.64. The second-order valence-electron chi connectivity index (χ2n) is 4.79. The molecule has 2 heteroatoms. The van der Waals surface area contributed by atoms with Gasteiger partial charge < -0.3 is 10.0 Å². The number of hydrogen-bond acceptors (Lipinski definition) is 2. The highest BCUT2D eigenvalue weighted by Gasteiger charge is 2.45. The molecule has 2 unspecified atom stereocenters. The molecule has 78 valence electrons. The monoisotopic (exact) mass is 193 g/mol. The molecule has 0 amide bonds. The molecule has 2 nitrogen and oxygen atoms in total. The van der Waals surface area contributed by atoms with E-state index in [1.165, 1.54) is 12.8 Å². The summed E-state index contributed by atoms with van der Waals surface area (Å²) in [5.74, 6) is 5.90. The van der Waals surface area contributed by atoms with Crippen molar-refractivity contribution >= 4 is 0 Å². The summed E-state index contributed by atoms with van der Waals surface area (Å²) in [5.41, 5.74) is -0.499. The van der Waals surface area contributed by atoms with E-state index in [1.54, 1.807) is 0 Å². The van der Waals surface area contributed by atoms with Crippen LogP contribution in [0.15, 0.2) is 0 Å². The van der Waals surface area contributed by atoms with E-state index in [2.05, 4.69) is 23.8 Å². The number of rotatable bonds is 1. The standard InChI is InChI=1S/C12H19NO/c1-3-4-7-12(14)8-10-5-6-11(9-12)13(10)2/h10-11,14H,5-9H2,1-2H3. The fraction of sp³-hybridized carbons (Fsp3) is 0.833. The highest BCUT2D eigenvalue weighted by atomic mass is 16.3. The van der Waals surface area contributed by atoms with Crippen LogP contribution in [0.3, 0.4) is 0 Å². The SMILES string of the molecule is CC#CCC1(O)CC2CCC(C1)N2C. The average molecular weight is 193 g/mol. The van der Waals surface area contributed by atoms with Gasteiger partial charge in [0.25, 0.3) is 0 Å². The third kappa shape index (κ3) is 1.67. The summed E-state index contributed by atoms with van der Waals surface area (Å²) in [6.07, 6.45) is 4.99. The van der Waals surface area contributed by atoms with Gasteiger partial charge in [0.05, 0.1) is 5.60 Å². The molecule has 2 aliphatic rings. The highest BCUT2D eigenvalue weighted by Crippen LogP contribution is 2.40. The number of hydrogen-bond donors (Lipinski definition) is 1. The van der Waals surface area contributed by atoms with Gasteiger partial charge in [-0.05, 0) is 39.7 Å². The molecular weight excluding hydrogens is 174 g/mol. The maximum Gasteiger partial charge on any atom is 0.0786 e. The van der Waals surface area contributed by atoms with Crippen LogP contribution in [-0.2, 0) is 0 Å². The lowest BCUT2D eigenvalue weighted by molar-refractivity contribution is -0.0403. The number of aliphatic hydroxyl groups is 1. The van der Waals surface area contributed by atoms with Crippen molar-refractivity contribution in [2.45, 2.75) is 56.7 Å². The largest absolute Gasteiger partial charge is 0.389 e. The summed E-state index contributed by atoms with van der Waals surface area (Å²) in [7, 11) is 2.19. The van der Waals surface area contributed by atoms with E-state index in [9.17, 15) is 5.11 Å². The molecule has 0 aromatic rings. The van der Waals surface area contributed by atoms with Gasteiger partial charge in [0.2, 0.25) is 0 Å². The summed E-state index contributed by atoms with van der Waals surface area (Å²) in [6, 6.07) is 1.19. The molecule has 0 aromatic carbocycles. The molecule has 2 fully saturated rings. The Labute approximate surface area is 86.3 Å². The van der Waals surface area contributed by atoms with Crippen molar-refractivity contribution in [3.63, 3.8) is 0 Å². The topological polar surface area (TPSA) is 23.5 Å². The number of piperidine rings is 1. The molecule has 2 saturated heterocycles. The Morgan fingerprint density at radius 2 is 1.93 bits per heavy atom. The van der Waals surface area contributed by atoms with Crippen molar-refractivity contribution in [1.82, 2.24) is 4.90 Å². The minimum Gasteiger partial charge on any atom is -0.389 e. The molecule has 0 aliphatic carbocycles. The maximum atomic E-state index is 10.4. The predicted octanol–water partition coefficient (Wildman–Crippen LogP) is 1.39. The van der Waals surface area contributed by atoms with Crippen LogP contribution in [0.1, 0.15) is 39.0 Å². The molecule has 0 spiro atoms. The molecule has 2 heterocycles. The summed E-state index contributed by atoms with van der Waals surface area (Å²) in [5, 5.41) is 10.4. The molecule has 0 radical (unpaired) electrons. The molecular formula is C12H19NO. The maximum absolute atomic E-state index is 10.4. The fourth-order valence-electron chi connectivity index (χ4n) is 2.94. The van der Waals surface area contributed by atoms with Crippen LogP contribution in [0.5, 0.6) is 0 Å². The van der Waals surface area contributed by atoms with Gasteiger partial charge in [-0.15, -0.1) is 11.8 Å². The van der Waals surface area contributed by atoms with Crippen molar-refractivity contribution in [3.8, 4) is 11.8 Å². The van der Waals surface area contributed by atoms with E-state index in [0.717, 1.165) is 12.8 Å². The zero-order chi connectivity index (χ0) is 10.2. The molecule has 0 aromatic heterocycles. The minimum absolute atomic E-state index is 0.499. The van der Waals surface area contributed by atoms with Gasteiger partial charge in [-0.25, -0.2) is 0 Å². The Morgan fingerprint density at radius 1 is 1.36 bits per heavy atom. The Morgan fingerprint density at radius 3 is 2.43 bits per heavy atom. The predicted molar refractivity (Wildman–Crippen MR) is 56.8 cm³/mol. The van der Waals surface area contributed by atoms with Crippen molar-refractivity contribution in [2.75, 3.05) is 7.05 Å². The van der Waals surface area contributed by atoms with Crippen molar-refractivity contribution in [2.24, 2.45) is 0 Å². The summed E-state index contributed by atoms with van der Waals surface area (Å²) < 4.78 is 0. The van der Waals surface area contributed by atoms with Crippen LogP contribution >= 0.6 is 0 Å². The molecule has 2 rings (SSSR count). The van der Waals surface area contributed by atoms with Crippen LogP contribution in [0.4, 0.5) is 0 Å². The van der Waals surface area contributed by atoms with Gasteiger partial charge in [-0.1, -0.05) is 0 Å². The van der Waals surface area contributed by atoms with E-state index in [-0.39, 0.29) is 0 Å². The Kier molecular flexibility index (Phi) is 2.55. The van der Waals surface area contributed by atoms with Crippen molar-refractivity contribution < 1.29 is 5.11 Å². The first-order valence-electron chi connectivity index (χ1n) is 5.48. The minimum atomic E-state index is -0.499. The Balaban J connectivity index is 2.06. The molecule has 14 heavy (non-hydrogen) atoms. The normalized spacial score (nSPS) is 41.9. The van der Waals surface area contributed by atoms with Crippen LogP contribution in [0, 0.1) is 11.8 Å². The van der Waals surface area contributed by atoms with Crippen molar-refractivity contribution in [1.29, 1.82) is 0 Å². The van der Waals surface area contributed by atoms with Crippen LogP contribution < -0.4 is 0 Å². The highest BCUT2D eigenvalue weighted by molar-refractivity contribution is 5.08. The quantitative estimate of drug-likeness (QED) is 0.636. The summed E-state index contributed by atoms with van der Waals surface area (Å²) in [6.45, 7) is 1.84. The van der Waals surface area contributed by atoms with E-state index in [4.69, 9.17) is 0 Å². The summed E-state index contributed by atoms with van der Waals surface area (Å²) in [4.78, 5) is 2.44. The fourth-order valence-corrected chi connectivity index (χ4v) is 2.94. The van der Waals surface area contributed by atoms with Gasteiger partial charge in [-0.2, -0.15) is 0 Å². The van der Waals surface area contributed by atoms with Gasteiger partial charge in [0.1, 0.15) is 0 Å². The smallest absolute Gasteiger partial charge is 0.0786 e. The van der Waals surface area contributed by atoms with Crippen molar-refractivity contribution in [3.05, 3.63) is 0 Å². The lowest BCUT2D eigenvalue weighted by Gasteiger charge is -2.41. The van der Waals surface area contributed by atoms with Gasteiger partial charge in [0, 0.05) is 18.5 Å². The zero-order valence-electron chi connectivity index (χ0n) is 9.08. The second-order valence-corrected chi connectivity index (χ2v) is 4.79. The van der Waals surface area contributed by atoms with Gasteiger partial charge in [-0.3, -0.25) is 0 Å². The number of nitrogens with zero attached hydrogens (tertiary/aromatic N) is 1. The Hall–Kier alpha value is -0.520. The molecule has 2 aliphatic heterocycles. The Bertz CT molecular complexity index is 262. The third-order valence-corrected chi connectivity index (χ3v) is 3.81. The van der Waals surface area contributed by atoms with Gasteiger partial charge in [0.15, 0.2) is 0 Å². The molecule has 2 atom stereocenters.